The first-order valence-corrected chi connectivity index (χ1v) is 9.42. The number of amides is 1. The van der Waals surface area contributed by atoms with E-state index in [1.807, 2.05) is 30.3 Å². The van der Waals surface area contributed by atoms with Crippen LogP contribution < -0.4 is 10.6 Å². The Morgan fingerprint density at radius 3 is 2.23 bits per heavy atom. The third kappa shape index (κ3) is 3.89. The van der Waals surface area contributed by atoms with Crippen LogP contribution >= 0.6 is 0 Å². The molecule has 7 heteroatoms. The monoisotopic (exact) mass is 414 g/mol. The van der Waals surface area contributed by atoms with Crippen LogP contribution in [0, 0.1) is 0 Å². The molecule has 0 saturated carbocycles. The van der Waals surface area contributed by atoms with Crippen molar-refractivity contribution in [2.45, 2.75) is 0 Å². The van der Waals surface area contributed by atoms with Crippen molar-refractivity contribution < 1.29 is 24.2 Å². The second-order valence-electron chi connectivity index (χ2n) is 6.83. The predicted molar refractivity (Wildman–Crippen MR) is 117 cm³/mol. The van der Waals surface area contributed by atoms with E-state index in [1.165, 1.54) is 19.2 Å². The SMILES string of the molecule is COC(=O)c1ccc2c(c1)NC(=O)C2=C(Nc1ccc(C(=O)O)cc1)c1ccccc1. The highest BCUT2D eigenvalue weighted by molar-refractivity contribution is 6.37. The molecule has 0 bridgehead atoms. The maximum absolute atomic E-state index is 12.9. The fourth-order valence-electron chi connectivity index (χ4n) is 3.39. The molecule has 1 aliphatic heterocycles. The zero-order valence-corrected chi connectivity index (χ0v) is 16.5. The largest absolute Gasteiger partial charge is 0.478 e. The third-order valence-electron chi connectivity index (χ3n) is 4.90. The first kappa shape index (κ1) is 19.9. The smallest absolute Gasteiger partial charge is 0.337 e. The minimum Gasteiger partial charge on any atom is -0.478 e. The van der Waals surface area contributed by atoms with Gasteiger partial charge in [0, 0.05) is 11.3 Å². The molecular weight excluding hydrogens is 396 g/mol. The molecular formula is C24H18N2O5. The summed E-state index contributed by atoms with van der Waals surface area (Å²) >= 11 is 0. The van der Waals surface area contributed by atoms with Crippen LogP contribution in [0.25, 0.3) is 11.3 Å². The molecule has 1 heterocycles. The number of aromatic carboxylic acids is 1. The van der Waals surface area contributed by atoms with Gasteiger partial charge in [0.1, 0.15) is 0 Å². The molecule has 1 aliphatic rings. The Morgan fingerprint density at radius 2 is 1.58 bits per heavy atom. The lowest BCUT2D eigenvalue weighted by molar-refractivity contribution is -0.110. The molecule has 0 fully saturated rings. The van der Waals surface area contributed by atoms with Crippen LogP contribution in [0.5, 0.6) is 0 Å². The number of carboxylic acids is 1. The van der Waals surface area contributed by atoms with Crippen LogP contribution in [0.2, 0.25) is 0 Å². The summed E-state index contributed by atoms with van der Waals surface area (Å²) in [5, 5.41) is 15.2. The molecule has 0 spiro atoms. The number of hydrogen-bond acceptors (Lipinski definition) is 5. The number of nitrogens with one attached hydrogen (secondary N) is 2. The molecule has 1 amide bonds. The van der Waals surface area contributed by atoms with Crippen LogP contribution in [0.4, 0.5) is 11.4 Å². The molecule has 4 rings (SSSR count). The van der Waals surface area contributed by atoms with E-state index in [2.05, 4.69) is 10.6 Å². The molecule has 0 unspecified atom stereocenters. The highest BCUT2D eigenvalue weighted by Crippen LogP contribution is 2.38. The van der Waals surface area contributed by atoms with Crippen molar-refractivity contribution in [2.24, 2.45) is 0 Å². The van der Waals surface area contributed by atoms with E-state index in [4.69, 9.17) is 9.84 Å². The Bertz CT molecular complexity index is 1210. The first-order valence-electron chi connectivity index (χ1n) is 9.42. The van der Waals surface area contributed by atoms with Crippen molar-refractivity contribution in [3.8, 4) is 0 Å². The maximum atomic E-state index is 12.9. The van der Waals surface area contributed by atoms with Gasteiger partial charge in [-0.3, -0.25) is 4.79 Å². The number of benzene rings is 3. The topological polar surface area (TPSA) is 105 Å². The summed E-state index contributed by atoms with van der Waals surface area (Å²) in [5.74, 6) is -1.82. The van der Waals surface area contributed by atoms with Gasteiger partial charge in [0.25, 0.3) is 5.91 Å². The average molecular weight is 414 g/mol. The molecule has 154 valence electrons. The molecule has 7 nitrogen and oxygen atoms in total. The van der Waals surface area contributed by atoms with Crippen LogP contribution in [0.15, 0.2) is 72.8 Å². The molecule has 3 aromatic carbocycles. The Morgan fingerprint density at radius 1 is 0.903 bits per heavy atom. The second kappa shape index (κ2) is 8.16. The fourth-order valence-corrected chi connectivity index (χ4v) is 3.39. The van der Waals surface area contributed by atoms with Gasteiger partial charge >= 0.3 is 11.9 Å². The summed E-state index contributed by atoms with van der Waals surface area (Å²) in [5.41, 5.74) is 4.04. The minimum absolute atomic E-state index is 0.166. The zero-order valence-electron chi connectivity index (χ0n) is 16.5. The van der Waals surface area contributed by atoms with E-state index in [9.17, 15) is 14.4 Å². The van der Waals surface area contributed by atoms with Gasteiger partial charge < -0.3 is 20.5 Å². The van der Waals surface area contributed by atoms with E-state index in [0.29, 0.717) is 33.8 Å². The molecule has 31 heavy (non-hydrogen) atoms. The number of rotatable bonds is 5. The van der Waals surface area contributed by atoms with E-state index in [-0.39, 0.29) is 11.5 Å². The summed E-state index contributed by atoms with van der Waals surface area (Å²) in [7, 11) is 1.30. The quantitative estimate of drug-likeness (QED) is 0.429. The van der Waals surface area contributed by atoms with Gasteiger partial charge in [-0.05, 0) is 42.0 Å². The van der Waals surface area contributed by atoms with Gasteiger partial charge in [0.2, 0.25) is 0 Å². The summed E-state index contributed by atoms with van der Waals surface area (Å²) in [6, 6.07) is 20.5. The lowest BCUT2D eigenvalue weighted by Gasteiger charge is -2.15. The number of carbonyl (C=O) groups excluding carboxylic acids is 2. The Kier molecular flexibility index (Phi) is 5.24. The number of anilines is 2. The normalized spacial score (nSPS) is 13.8. The molecule has 0 aromatic heterocycles. The predicted octanol–water partition coefficient (Wildman–Crippen LogP) is 4.10. The molecule has 0 radical (unpaired) electrons. The van der Waals surface area contributed by atoms with Crippen LogP contribution in [-0.2, 0) is 9.53 Å². The van der Waals surface area contributed by atoms with E-state index >= 15 is 0 Å². The summed E-state index contributed by atoms with van der Waals surface area (Å²) in [4.78, 5) is 35.9. The third-order valence-corrected chi connectivity index (χ3v) is 4.90. The summed E-state index contributed by atoms with van der Waals surface area (Å²) in [6.45, 7) is 0. The maximum Gasteiger partial charge on any atom is 0.337 e. The number of fused-ring (bicyclic) bond motifs is 1. The van der Waals surface area contributed by atoms with Gasteiger partial charge in [-0.2, -0.15) is 0 Å². The lowest BCUT2D eigenvalue weighted by Crippen LogP contribution is -2.10. The number of esters is 1. The van der Waals surface area contributed by atoms with Crippen LogP contribution in [-0.4, -0.2) is 30.1 Å². The number of ether oxygens (including phenoxy) is 1. The Hall–Kier alpha value is -4.39. The molecule has 0 atom stereocenters. The van der Waals surface area contributed by atoms with Gasteiger partial charge in [-0.25, -0.2) is 9.59 Å². The molecule has 0 saturated heterocycles. The first-order chi connectivity index (χ1) is 15.0. The molecule has 3 aromatic rings. The lowest BCUT2D eigenvalue weighted by atomic mass is 9.99. The zero-order chi connectivity index (χ0) is 22.0. The van der Waals surface area contributed by atoms with Crippen molar-refractivity contribution >= 4 is 40.5 Å². The summed E-state index contributed by atoms with van der Waals surface area (Å²) < 4.78 is 4.75. The Balaban J connectivity index is 1.83. The number of carbonyl (C=O) groups is 3. The molecule has 3 N–H and O–H groups in total. The van der Waals surface area contributed by atoms with Crippen molar-refractivity contribution in [3.05, 3.63) is 95.1 Å². The van der Waals surface area contributed by atoms with Crippen molar-refractivity contribution in [1.82, 2.24) is 0 Å². The summed E-state index contributed by atoms with van der Waals surface area (Å²) in [6.07, 6.45) is 0. The second-order valence-corrected chi connectivity index (χ2v) is 6.83. The van der Waals surface area contributed by atoms with E-state index in [0.717, 1.165) is 5.56 Å². The van der Waals surface area contributed by atoms with E-state index in [1.54, 1.807) is 30.3 Å². The van der Waals surface area contributed by atoms with Crippen molar-refractivity contribution in [2.75, 3.05) is 17.7 Å². The Labute approximate surface area is 178 Å². The van der Waals surface area contributed by atoms with Crippen molar-refractivity contribution in [1.29, 1.82) is 0 Å². The van der Waals surface area contributed by atoms with Crippen LogP contribution in [0.1, 0.15) is 31.8 Å². The highest BCUT2D eigenvalue weighted by atomic mass is 16.5. The standard InChI is InChI=1S/C24H18N2O5/c1-31-24(30)16-9-12-18-19(13-16)26-22(27)20(18)21(14-5-3-2-4-6-14)25-17-10-7-15(8-11-17)23(28)29/h2-13,25H,1H3,(H,26,27)(H,28,29). The average Bonchev–Trinajstić information content (AvgIpc) is 3.12. The molecule has 0 aliphatic carbocycles. The minimum atomic E-state index is -1.02. The van der Waals surface area contributed by atoms with Crippen LogP contribution in [0.3, 0.4) is 0 Å². The van der Waals surface area contributed by atoms with Gasteiger partial charge in [0.15, 0.2) is 0 Å². The van der Waals surface area contributed by atoms with Crippen molar-refractivity contribution in [3.63, 3.8) is 0 Å². The van der Waals surface area contributed by atoms with Gasteiger partial charge in [0.05, 0.1) is 35.2 Å². The van der Waals surface area contributed by atoms with E-state index < -0.39 is 11.9 Å². The van der Waals surface area contributed by atoms with Gasteiger partial charge in [-0.15, -0.1) is 0 Å². The van der Waals surface area contributed by atoms with Gasteiger partial charge in [-0.1, -0.05) is 36.4 Å². The number of methoxy groups -OCH3 is 1. The number of hydrogen-bond donors (Lipinski definition) is 3. The highest BCUT2D eigenvalue weighted by Gasteiger charge is 2.29. The number of carboxylic acid groups (broad SMARTS) is 1. The fraction of sp³-hybridized carbons (Fsp3) is 0.0417.